The maximum Gasteiger partial charge on any atom is 0.262 e. The van der Waals surface area contributed by atoms with Gasteiger partial charge in [0, 0.05) is 21.7 Å². The summed E-state index contributed by atoms with van der Waals surface area (Å²) in [5, 5.41) is 2.16. The van der Waals surface area contributed by atoms with E-state index in [0.29, 0.717) is 12.4 Å². The maximum atomic E-state index is 13.9. The standard InChI is InChI=1S/C27H31IN2O2Si/c1-26(2,3)33(21-12-8-6-9-13-21,22-14-10-7-11-15-22)32-24-25(31)30(19-27(24,4)5)23-17-16-20(28)18-29-23/h6-18,24H,19H2,1-5H3/t24-/m1/s1. The normalized spacial score (nSPS) is 18.5. The second kappa shape index (κ2) is 8.96. The Morgan fingerprint density at radius 3 is 1.97 bits per heavy atom. The highest BCUT2D eigenvalue weighted by atomic mass is 127. The van der Waals surface area contributed by atoms with Crippen LogP contribution in [0.25, 0.3) is 0 Å². The van der Waals surface area contributed by atoms with Gasteiger partial charge in [0.25, 0.3) is 14.2 Å². The van der Waals surface area contributed by atoms with Crippen molar-refractivity contribution in [3.05, 3.63) is 82.6 Å². The Bertz CT molecular complexity index is 1070. The first-order chi connectivity index (χ1) is 15.6. The van der Waals surface area contributed by atoms with Gasteiger partial charge in [-0.05, 0) is 50.1 Å². The fraction of sp³-hybridized carbons (Fsp3) is 0.333. The van der Waals surface area contributed by atoms with Crippen molar-refractivity contribution >= 4 is 53.0 Å². The second-order valence-electron chi connectivity index (χ2n) is 10.4. The smallest absolute Gasteiger partial charge is 0.262 e. The molecular formula is C27H31IN2O2Si. The molecule has 172 valence electrons. The number of nitrogens with zero attached hydrogens (tertiary/aromatic N) is 2. The van der Waals surface area contributed by atoms with E-state index in [-0.39, 0.29) is 16.4 Å². The molecule has 0 unspecified atom stereocenters. The Balaban J connectivity index is 1.84. The van der Waals surface area contributed by atoms with Crippen LogP contribution >= 0.6 is 22.6 Å². The van der Waals surface area contributed by atoms with Crippen molar-refractivity contribution in [2.24, 2.45) is 5.41 Å². The fourth-order valence-corrected chi connectivity index (χ4v) is 9.95. The fourth-order valence-electron chi connectivity index (χ4n) is 4.84. The van der Waals surface area contributed by atoms with Crippen LogP contribution in [0.5, 0.6) is 0 Å². The lowest BCUT2D eigenvalue weighted by molar-refractivity contribution is -0.125. The first-order valence-corrected chi connectivity index (χ1v) is 14.3. The van der Waals surface area contributed by atoms with Gasteiger partial charge in [0.1, 0.15) is 11.9 Å². The molecule has 0 spiro atoms. The molecule has 33 heavy (non-hydrogen) atoms. The molecule has 1 fully saturated rings. The number of hydrogen-bond acceptors (Lipinski definition) is 3. The van der Waals surface area contributed by atoms with Crippen molar-refractivity contribution in [2.45, 2.75) is 45.8 Å². The number of halogens is 1. The number of aromatic nitrogens is 1. The van der Waals surface area contributed by atoms with Crippen LogP contribution in [0, 0.1) is 8.99 Å². The highest BCUT2D eigenvalue weighted by molar-refractivity contribution is 14.1. The number of anilines is 1. The minimum Gasteiger partial charge on any atom is -0.395 e. The molecule has 0 bridgehead atoms. The molecule has 1 atom stereocenters. The number of carbonyl (C=O) groups is 1. The van der Waals surface area contributed by atoms with Crippen molar-refractivity contribution in [1.29, 1.82) is 0 Å². The monoisotopic (exact) mass is 570 g/mol. The van der Waals surface area contributed by atoms with E-state index in [2.05, 4.69) is 111 Å². The van der Waals surface area contributed by atoms with Gasteiger partial charge >= 0.3 is 0 Å². The van der Waals surface area contributed by atoms with Gasteiger partial charge in [-0.1, -0.05) is 95.3 Å². The van der Waals surface area contributed by atoms with Crippen LogP contribution in [0.2, 0.25) is 5.04 Å². The Morgan fingerprint density at radius 2 is 1.52 bits per heavy atom. The molecule has 1 aromatic heterocycles. The molecule has 0 N–H and O–H groups in total. The van der Waals surface area contributed by atoms with E-state index < -0.39 is 14.4 Å². The van der Waals surface area contributed by atoms with Gasteiger partial charge in [-0.2, -0.15) is 0 Å². The van der Waals surface area contributed by atoms with Gasteiger partial charge in [-0.3, -0.25) is 9.69 Å². The van der Waals surface area contributed by atoms with Crippen LogP contribution < -0.4 is 15.3 Å². The number of amides is 1. The van der Waals surface area contributed by atoms with Crippen LogP contribution in [0.4, 0.5) is 5.82 Å². The summed E-state index contributed by atoms with van der Waals surface area (Å²) >= 11 is 2.23. The lowest BCUT2D eigenvalue weighted by Gasteiger charge is -2.45. The third-order valence-electron chi connectivity index (χ3n) is 6.47. The molecule has 4 nitrogen and oxygen atoms in total. The Labute approximate surface area is 211 Å². The van der Waals surface area contributed by atoms with Crippen molar-refractivity contribution < 1.29 is 9.22 Å². The van der Waals surface area contributed by atoms with E-state index in [0.717, 1.165) is 3.57 Å². The van der Waals surface area contributed by atoms with Crippen LogP contribution in [0.1, 0.15) is 34.6 Å². The van der Waals surface area contributed by atoms with Gasteiger partial charge in [-0.25, -0.2) is 4.98 Å². The summed E-state index contributed by atoms with van der Waals surface area (Å²) in [5.41, 5.74) is -0.366. The van der Waals surface area contributed by atoms with Gasteiger partial charge in [0.2, 0.25) is 0 Å². The number of benzene rings is 2. The van der Waals surface area contributed by atoms with E-state index >= 15 is 0 Å². The van der Waals surface area contributed by atoms with E-state index in [9.17, 15) is 4.79 Å². The van der Waals surface area contributed by atoms with Gasteiger partial charge in [0.15, 0.2) is 0 Å². The number of rotatable bonds is 5. The summed E-state index contributed by atoms with van der Waals surface area (Å²) in [5.74, 6) is 0.670. The third-order valence-corrected chi connectivity index (χ3v) is 12.1. The molecule has 2 aromatic carbocycles. The average Bonchev–Trinajstić information content (AvgIpc) is 3.01. The summed E-state index contributed by atoms with van der Waals surface area (Å²) in [4.78, 5) is 20.2. The van der Waals surface area contributed by atoms with E-state index in [1.807, 2.05) is 24.3 Å². The molecule has 1 aliphatic rings. The molecule has 1 saturated heterocycles. The summed E-state index contributed by atoms with van der Waals surface area (Å²) in [6.07, 6.45) is 1.23. The molecule has 4 rings (SSSR count). The van der Waals surface area contributed by atoms with Crippen LogP contribution in [-0.4, -0.2) is 31.9 Å². The Hall–Kier alpha value is -2.03. The lowest BCUT2D eigenvalue weighted by atomic mass is 9.90. The van der Waals surface area contributed by atoms with Crippen LogP contribution in [-0.2, 0) is 9.22 Å². The summed E-state index contributed by atoms with van der Waals surface area (Å²) in [6, 6.07) is 24.9. The molecule has 0 aliphatic carbocycles. The molecule has 0 saturated carbocycles. The zero-order chi connectivity index (χ0) is 23.9. The molecule has 1 aliphatic heterocycles. The van der Waals surface area contributed by atoms with Crippen LogP contribution in [0.3, 0.4) is 0 Å². The van der Waals surface area contributed by atoms with Crippen molar-refractivity contribution in [2.75, 3.05) is 11.4 Å². The Kier molecular flexibility index (Phi) is 6.55. The first kappa shape index (κ1) is 24.1. The number of carbonyl (C=O) groups excluding carboxylic acids is 1. The molecule has 6 heteroatoms. The minimum atomic E-state index is -2.85. The first-order valence-electron chi connectivity index (χ1n) is 11.3. The SMILES string of the molecule is CC1(C)CN(c2ccc(I)cn2)C(=O)[C@H]1O[Si](c1ccccc1)(c1ccccc1)C(C)(C)C. The predicted molar refractivity (Wildman–Crippen MR) is 146 cm³/mol. The molecule has 0 radical (unpaired) electrons. The minimum absolute atomic E-state index is 0.0123. The number of pyridine rings is 1. The van der Waals surface area contributed by atoms with Gasteiger partial charge in [-0.15, -0.1) is 0 Å². The third kappa shape index (κ3) is 4.40. The van der Waals surface area contributed by atoms with E-state index in [1.54, 1.807) is 11.1 Å². The molecule has 3 aromatic rings. The summed E-state index contributed by atoms with van der Waals surface area (Å²) in [6.45, 7) is 11.5. The van der Waals surface area contributed by atoms with Crippen LogP contribution in [0.15, 0.2) is 79.0 Å². The lowest BCUT2D eigenvalue weighted by Crippen LogP contribution is -2.69. The van der Waals surface area contributed by atoms with Gasteiger partial charge in [0.05, 0.1) is 0 Å². The highest BCUT2D eigenvalue weighted by Gasteiger charge is 2.57. The van der Waals surface area contributed by atoms with E-state index in [1.165, 1.54) is 10.4 Å². The second-order valence-corrected chi connectivity index (χ2v) is 15.9. The number of hydrogen-bond donors (Lipinski definition) is 0. The largest absolute Gasteiger partial charge is 0.395 e. The van der Waals surface area contributed by atoms with E-state index in [4.69, 9.17) is 4.43 Å². The molecular weight excluding hydrogens is 539 g/mol. The quantitative estimate of drug-likeness (QED) is 0.320. The maximum absolute atomic E-state index is 13.9. The summed E-state index contributed by atoms with van der Waals surface area (Å²) in [7, 11) is -2.85. The van der Waals surface area contributed by atoms with Crippen molar-refractivity contribution in [3.63, 3.8) is 0 Å². The zero-order valence-electron chi connectivity index (χ0n) is 19.9. The topological polar surface area (TPSA) is 42.4 Å². The highest BCUT2D eigenvalue weighted by Crippen LogP contribution is 2.43. The molecule has 1 amide bonds. The van der Waals surface area contributed by atoms with Gasteiger partial charge < -0.3 is 4.43 Å². The zero-order valence-corrected chi connectivity index (χ0v) is 23.0. The Morgan fingerprint density at radius 1 is 0.970 bits per heavy atom. The predicted octanol–water partition coefficient (Wildman–Crippen LogP) is 5.00. The summed E-state index contributed by atoms with van der Waals surface area (Å²) < 4.78 is 8.30. The molecule has 2 heterocycles. The average molecular weight is 571 g/mol. The van der Waals surface area contributed by atoms with Crippen molar-refractivity contribution in [3.8, 4) is 0 Å². The van der Waals surface area contributed by atoms with Crippen molar-refractivity contribution in [1.82, 2.24) is 4.98 Å².